The molecule has 3 aliphatic rings. The predicted octanol–water partition coefficient (Wildman–Crippen LogP) is 12.7. The standard InChI is InChI=1S/C52H46N2OS/c1-38-18-17-27-49-50(38)52(39-19-7-4-8-20-39,40-21-9-5-10-22-40)46-24-12-14-26-48(46)54(49)42-30-34-44(35-31-42)56(55)43-32-28-41(29-33-43)53(3)47-25-13-11-23-45(47)51(2)36-15-6-16-37-51/h4-17,19-36,38H,18,37H2,1-3H3. The molecule has 4 heteroatoms. The van der Waals surface area contributed by atoms with Gasteiger partial charge in [-0.25, -0.2) is 4.21 Å². The fourth-order valence-electron chi connectivity index (χ4n) is 9.27. The molecule has 56 heavy (non-hydrogen) atoms. The number of para-hydroxylation sites is 2. The summed E-state index contributed by atoms with van der Waals surface area (Å²) in [5.41, 5.74) is 11.6. The van der Waals surface area contributed by atoms with Crippen molar-refractivity contribution >= 4 is 33.5 Å². The molecule has 0 saturated heterocycles. The molecule has 3 nitrogen and oxygen atoms in total. The van der Waals surface area contributed by atoms with E-state index in [2.05, 4.69) is 201 Å². The minimum Gasteiger partial charge on any atom is -0.344 e. The molecular formula is C52H46N2OS. The molecule has 0 radical (unpaired) electrons. The number of hydrogen-bond donors (Lipinski definition) is 0. The summed E-state index contributed by atoms with van der Waals surface area (Å²) in [6.07, 6.45) is 15.4. The maximum Gasteiger partial charge on any atom is 0.0849 e. The Morgan fingerprint density at radius 3 is 1.89 bits per heavy atom. The topological polar surface area (TPSA) is 23.6 Å². The van der Waals surface area contributed by atoms with Gasteiger partial charge >= 0.3 is 0 Å². The van der Waals surface area contributed by atoms with Crippen LogP contribution in [-0.2, 0) is 21.6 Å². The van der Waals surface area contributed by atoms with E-state index in [4.69, 9.17) is 0 Å². The summed E-state index contributed by atoms with van der Waals surface area (Å²) in [4.78, 5) is 6.21. The van der Waals surface area contributed by atoms with Gasteiger partial charge in [-0.2, -0.15) is 0 Å². The van der Waals surface area contributed by atoms with E-state index >= 15 is 0 Å². The second-order valence-electron chi connectivity index (χ2n) is 15.4. The molecule has 0 bridgehead atoms. The third kappa shape index (κ3) is 5.91. The molecule has 0 saturated carbocycles. The van der Waals surface area contributed by atoms with Crippen molar-refractivity contribution in [2.75, 3.05) is 16.8 Å². The van der Waals surface area contributed by atoms with E-state index in [-0.39, 0.29) is 5.41 Å². The number of allylic oxidation sites excluding steroid dienone is 7. The van der Waals surface area contributed by atoms with Crippen LogP contribution in [0.25, 0.3) is 0 Å². The van der Waals surface area contributed by atoms with Crippen LogP contribution in [0.15, 0.2) is 215 Å². The molecule has 0 amide bonds. The lowest BCUT2D eigenvalue weighted by Gasteiger charge is -2.50. The third-order valence-electron chi connectivity index (χ3n) is 12.0. The van der Waals surface area contributed by atoms with Crippen molar-refractivity contribution in [1.29, 1.82) is 0 Å². The first-order valence-corrected chi connectivity index (χ1v) is 20.8. The molecule has 276 valence electrons. The van der Waals surface area contributed by atoms with Gasteiger partial charge in [0.1, 0.15) is 0 Å². The van der Waals surface area contributed by atoms with Crippen molar-refractivity contribution in [2.24, 2.45) is 5.92 Å². The quantitative estimate of drug-likeness (QED) is 0.155. The van der Waals surface area contributed by atoms with Crippen molar-refractivity contribution in [3.8, 4) is 0 Å². The Bertz CT molecular complexity index is 2490. The summed E-state index contributed by atoms with van der Waals surface area (Å²) in [6, 6.07) is 56.0. The molecule has 0 aromatic heterocycles. The fraction of sp³-hybridized carbons (Fsp3) is 0.154. The van der Waals surface area contributed by atoms with Crippen LogP contribution >= 0.6 is 0 Å². The van der Waals surface area contributed by atoms with Crippen LogP contribution in [0.3, 0.4) is 0 Å². The van der Waals surface area contributed by atoms with Crippen LogP contribution in [0.2, 0.25) is 0 Å². The molecule has 3 atom stereocenters. The molecule has 1 aliphatic heterocycles. The van der Waals surface area contributed by atoms with Crippen LogP contribution in [-0.4, -0.2) is 11.3 Å². The minimum absolute atomic E-state index is 0.0694. The fourth-order valence-corrected chi connectivity index (χ4v) is 10.3. The maximum atomic E-state index is 14.1. The van der Waals surface area contributed by atoms with Gasteiger partial charge in [0.25, 0.3) is 0 Å². The van der Waals surface area contributed by atoms with Gasteiger partial charge in [-0.1, -0.05) is 141 Å². The smallest absolute Gasteiger partial charge is 0.0849 e. The van der Waals surface area contributed by atoms with Gasteiger partial charge < -0.3 is 9.80 Å². The zero-order chi connectivity index (χ0) is 38.3. The molecule has 0 N–H and O–H groups in total. The van der Waals surface area contributed by atoms with Crippen LogP contribution < -0.4 is 9.80 Å². The predicted molar refractivity (Wildman–Crippen MR) is 234 cm³/mol. The van der Waals surface area contributed by atoms with E-state index in [1.807, 2.05) is 24.3 Å². The summed E-state index contributed by atoms with van der Waals surface area (Å²) in [7, 11) is 0.770. The van der Waals surface area contributed by atoms with Gasteiger partial charge in [-0.3, -0.25) is 0 Å². The molecule has 6 aromatic rings. The van der Waals surface area contributed by atoms with E-state index in [0.29, 0.717) is 5.92 Å². The summed E-state index contributed by atoms with van der Waals surface area (Å²) < 4.78 is 14.1. The average molecular weight is 747 g/mol. The Morgan fingerprint density at radius 1 is 0.661 bits per heavy atom. The average Bonchev–Trinajstić information content (AvgIpc) is 3.26. The monoisotopic (exact) mass is 746 g/mol. The second kappa shape index (κ2) is 14.6. The third-order valence-corrected chi connectivity index (χ3v) is 13.4. The van der Waals surface area contributed by atoms with Gasteiger partial charge in [0.2, 0.25) is 0 Å². The molecule has 6 aromatic carbocycles. The Kier molecular flexibility index (Phi) is 9.31. The molecule has 2 aliphatic carbocycles. The van der Waals surface area contributed by atoms with Gasteiger partial charge in [0.15, 0.2) is 0 Å². The van der Waals surface area contributed by atoms with Gasteiger partial charge in [0, 0.05) is 45.0 Å². The van der Waals surface area contributed by atoms with Crippen molar-refractivity contribution in [3.05, 3.63) is 228 Å². The first-order valence-electron chi connectivity index (χ1n) is 19.6. The van der Waals surface area contributed by atoms with E-state index in [1.165, 1.54) is 39.2 Å². The van der Waals surface area contributed by atoms with E-state index < -0.39 is 16.2 Å². The maximum absolute atomic E-state index is 14.1. The van der Waals surface area contributed by atoms with E-state index in [9.17, 15) is 4.21 Å². The molecule has 0 spiro atoms. The first kappa shape index (κ1) is 35.7. The Hall–Kier alpha value is -5.97. The highest BCUT2D eigenvalue weighted by Gasteiger charge is 2.49. The highest BCUT2D eigenvalue weighted by molar-refractivity contribution is 7.85. The highest BCUT2D eigenvalue weighted by atomic mass is 32.2. The van der Waals surface area contributed by atoms with Crippen LogP contribution in [0.4, 0.5) is 22.7 Å². The number of fused-ring (bicyclic) bond motifs is 1. The van der Waals surface area contributed by atoms with Crippen LogP contribution in [0.1, 0.15) is 48.9 Å². The normalized spacial score (nSPS) is 20.0. The lowest BCUT2D eigenvalue weighted by atomic mass is 9.58. The lowest BCUT2D eigenvalue weighted by Crippen LogP contribution is -2.43. The van der Waals surface area contributed by atoms with Crippen molar-refractivity contribution in [3.63, 3.8) is 0 Å². The Balaban J connectivity index is 1.06. The van der Waals surface area contributed by atoms with Gasteiger partial charge in [-0.05, 0) is 113 Å². The van der Waals surface area contributed by atoms with Crippen LogP contribution in [0.5, 0.6) is 0 Å². The first-order chi connectivity index (χ1) is 27.4. The van der Waals surface area contributed by atoms with Crippen LogP contribution in [0, 0.1) is 5.92 Å². The molecule has 1 heterocycles. The summed E-state index contributed by atoms with van der Waals surface area (Å²) in [6.45, 7) is 4.66. The Labute approximate surface area is 334 Å². The van der Waals surface area contributed by atoms with E-state index in [1.54, 1.807) is 0 Å². The molecular weight excluding hydrogens is 701 g/mol. The number of nitrogens with zero attached hydrogens (tertiary/aromatic N) is 2. The van der Waals surface area contributed by atoms with Gasteiger partial charge in [0.05, 0.1) is 21.9 Å². The number of hydrogen-bond acceptors (Lipinski definition) is 3. The van der Waals surface area contributed by atoms with Crippen molar-refractivity contribution in [1.82, 2.24) is 0 Å². The second-order valence-corrected chi connectivity index (χ2v) is 16.9. The van der Waals surface area contributed by atoms with E-state index in [0.717, 1.165) is 39.7 Å². The summed E-state index contributed by atoms with van der Waals surface area (Å²) in [5.74, 6) is 0.304. The SMILES string of the molecule is CC1CC=CC2=C1C(c1ccccc1)(c1ccccc1)c1ccccc1N2c1ccc(S(=O)c2ccc(N(C)c3ccccc3C3(C)C=CC=CC3)cc2)cc1. The van der Waals surface area contributed by atoms with Crippen molar-refractivity contribution in [2.45, 2.75) is 47.3 Å². The number of anilines is 4. The lowest BCUT2D eigenvalue weighted by molar-refractivity contribution is 0.549. The number of rotatable bonds is 8. The minimum atomic E-state index is -1.34. The van der Waals surface area contributed by atoms with Gasteiger partial charge in [-0.15, -0.1) is 0 Å². The van der Waals surface area contributed by atoms with Crippen molar-refractivity contribution < 1.29 is 4.21 Å². The highest BCUT2D eigenvalue weighted by Crippen LogP contribution is 2.58. The molecule has 0 fully saturated rings. The summed E-state index contributed by atoms with van der Waals surface area (Å²) >= 11 is 0. The zero-order valence-electron chi connectivity index (χ0n) is 32.2. The zero-order valence-corrected chi connectivity index (χ0v) is 33.0. The largest absolute Gasteiger partial charge is 0.344 e. The number of benzene rings is 6. The molecule has 9 rings (SSSR count). The summed E-state index contributed by atoms with van der Waals surface area (Å²) in [5, 5.41) is 0. The Morgan fingerprint density at radius 2 is 1.25 bits per heavy atom. The molecule has 3 unspecified atom stereocenters.